The van der Waals surface area contributed by atoms with Crippen LogP contribution in [-0.4, -0.2) is 9.13 Å². The molecule has 294 valence electrons. The fourth-order valence-corrected chi connectivity index (χ4v) is 11.2. The second-order valence-electron chi connectivity index (χ2n) is 16.5. The smallest absolute Gasteiger partial charge is 0.0562 e. The average molecular weight is 819 g/mol. The number of nitrogens with zero attached hydrogens (tertiary/aromatic N) is 2. The van der Waals surface area contributed by atoms with Gasteiger partial charge in [0.05, 0.1) is 22.1 Å². The molecule has 0 spiro atoms. The van der Waals surface area contributed by atoms with Gasteiger partial charge in [-0.15, -0.1) is 11.3 Å². The van der Waals surface area contributed by atoms with Crippen molar-refractivity contribution in [2.24, 2.45) is 0 Å². The summed E-state index contributed by atoms with van der Waals surface area (Å²) in [7, 11) is 0. The van der Waals surface area contributed by atoms with Gasteiger partial charge in [-0.1, -0.05) is 158 Å². The van der Waals surface area contributed by atoms with Crippen LogP contribution >= 0.6 is 11.3 Å². The highest BCUT2D eigenvalue weighted by atomic mass is 32.1. The van der Waals surface area contributed by atoms with Gasteiger partial charge in [0.15, 0.2) is 0 Å². The topological polar surface area (TPSA) is 9.86 Å². The molecule has 0 unspecified atom stereocenters. The summed E-state index contributed by atoms with van der Waals surface area (Å²) >= 11 is 1.88. The highest BCUT2D eigenvalue weighted by molar-refractivity contribution is 7.26. The third kappa shape index (κ3) is 5.78. The van der Waals surface area contributed by atoms with E-state index in [4.69, 9.17) is 0 Å². The number of aromatic nitrogens is 2. The number of thiophene rings is 1. The molecular formula is C60H38N2S. The number of hydrogen-bond acceptors (Lipinski definition) is 1. The van der Waals surface area contributed by atoms with Crippen molar-refractivity contribution < 1.29 is 0 Å². The lowest BCUT2D eigenvalue weighted by Gasteiger charge is -2.13. The van der Waals surface area contributed by atoms with Crippen molar-refractivity contribution in [3.63, 3.8) is 0 Å². The van der Waals surface area contributed by atoms with Crippen molar-refractivity contribution in [3.8, 4) is 55.9 Å². The Morgan fingerprint density at radius 1 is 0.254 bits per heavy atom. The van der Waals surface area contributed by atoms with Crippen LogP contribution in [0.2, 0.25) is 0 Å². The first kappa shape index (κ1) is 35.7. The molecule has 3 heteroatoms. The van der Waals surface area contributed by atoms with E-state index in [2.05, 4.69) is 240 Å². The van der Waals surface area contributed by atoms with Crippen molar-refractivity contribution in [1.29, 1.82) is 0 Å². The molecule has 3 aromatic heterocycles. The minimum absolute atomic E-state index is 1.13. The Kier molecular flexibility index (Phi) is 8.12. The normalized spacial score (nSPS) is 11.8. The van der Waals surface area contributed by atoms with E-state index in [9.17, 15) is 0 Å². The quantitative estimate of drug-likeness (QED) is 0.158. The second kappa shape index (κ2) is 14.3. The van der Waals surface area contributed by atoms with Gasteiger partial charge in [-0.3, -0.25) is 0 Å². The van der Waals surface area contributed by atoms with Crippen LogP contribution in [0.25, 0.3) is 120 Å². The molecule has 13 rings (SSSR count). The van der Waals surface area contributed by atoms with Crippen molar-refractivity contribution in [2.75, 3.05) is 0 Å². The summed E-state index contributed by atoms with van der Waals surface area (Å²) in [5.41, 5.74) is 16.7. The molecule has 0 N–H and O–H groups in total. The summed E-state index contributed by atoms with van der Waals surface area (Å²) in [6.45, 7) is 0. The maximum absolute atomic E-state index is 2.49. The Bertz CT molecular complexity index is 3820. The van der Waals surface area contributed by atoms with Gasteiger partial charge in [-0.2, -0.15) is 0 Å². The van der Waals surface area contributed by atoms with Crippen LogP contribution in [-0.2, 0) is 0 Å². The molecule has 0 atom stereocenters. The minimum atomic E-state index is 1.13. The van der Waals surface area contributed by atoms with Crippen molar-refractivity contribution in [2.45, 2.75) is 0 Å². The first-order chi connectivity index (χ1) is 31.2. The monoisotopic (exact) mass is 818 g/mol. The first-order valence-electron chi connectivity index (χ1n) is 21.6. The zero-order valence-corrected chi connectivity index (χ0v) is 35.1. The highest BCUT2D eigenvalue weighted by Crippen LogP contribution is 2.43. The third-order valence-corrected chi connectivity index (χ3v) is 14.1. The van der Waals surface area contributed by atoms with Gasteiger partial charge >= 0.3 is 0 Å². The molecule has 0 aliphatic heterocycles. The van der Waals surface area contributed by atoms with Crippen LogP contribution in [0.3, 0.4) is 0 Å². The number of benzene rings is 10. The molecule has 0 saturated carbocycles. The molecule has 10 aromatic carbocycles. The minimum Gasteiger partial charge on any atom is -0.309 e. The van der Waals surface area contributed by atoms with E-state index in [1.807, 2.05) is 11.3 Å². The Balaban J connectivity index is 1.06. The molecule has 13 aromatic rings. The Labute approximate surface area is 368 Å². The van der Waals surface area contributed by atoms with Gasteiger partial charge in [-0.05, 0) is 117 Å². The number of para-hydroxylation sites is 2. The molecule has 0 bridgehead atoms. The Morgan fingerprint density at radius 3 is 1.46 bits per heavy atom. The molecular weight excluding hydrogens is 781 g/mol. The number of fused-ring (bicyclic) bond motifs is 9. The third-order valence-electron chi connectivity index (χ3n) is 12.9. The first-order valence-corrected chi connectivity index (χ1v) is 22.4. The molecule has 3 heterocycles. The molecule has 2 nitrogen and oxygen atoms in total. The summed E-state index contributed by atoms with van der Waals surface area (Å²) in [5, 5.41) is 7.61. The molecule has 0 aliphatic carbocycles. The summed E-state index contributed by atoms with van der Waals surface area (Å²) in [4.78, 5) is 0. The van der Waals surface area contributed by atoms with Crippen LogP contribution in [0.5, 0.6) is 0 Å². The van der Waals surface area contributed by atoms with Crippen LogP contribution in [0.1, 0.15) is 0 Å². The van der Waals surface area contributed by atoms with E-state index in [0.717, 1.165) is 11.4 Å². The van der Waals surface area contributed by atoms with Gasteiger partial charge in [0.1, 0.15) is 0 Å². The summed E-state index contributed by atoms with van der Waals surface area (Å²) in [6, 6.07) is 84.7. The van der Waals surface area contributed by atoms with E-state index >= 15 is 0 Å². The van der Waals surface area contributed by atoms with Gasteiger partial charge in [0, 0.05) is 53.1 Å². The molecule has 0 amide bonds. The van der Waals surface area contributed by atoms with Crippen molar-refractivity contribution >= 4 is 75.1 Å². The molecule has 0 radical (unpaired) electrons. The van der Waals surface area contributed by atoms with Gasteiger partial charge < -0.3 is 9.13 Å². The van der Waals surface area contributed by atoms with E-state index in [1.165, 1.54) is 108 Å². The standard InChI is InChI=1S/C60H38N2S/c1-4-15-39(16-5-1)43-33-44(40-17-6-2-7-18-40)35-45(34-43)42-29-32-50-54-37-53-49-21-10-12-25-55(49)61(46-19-8-3-9-20-46)57(53)38-58(54)62(56(50)36-42)47-30-27-41(28-31-47)48-23-14-24-52-51-22-11-13-26-59(51)63-60(48)52/h1-38H. The fraction of sp³-hybridized carbons (Fsp3) is 0. The van der Waals surface area contributed by atoms with Crippen LogP contribution in [0.15, 0.2) is 231 Å². The Morgan fingerprint density at radius 2 is 0.762 bits per heavy atom. The van der Waals surface area contributed by atoms with E-state index in [1.54, 1.807) is 0 Å². The molecule has 0 fully saturated rings. The van der Waals surface area contributed by atoms with E-state index < -0.39 is 0 Å². The highest BCUT2D eigenvalue weighted by Gasteiger charge is 2.20. The van der Waals surface area contributed by atoms with Gasteiger partial charge in [0.25, 0.3) is 0 Å². The summed E-state index contributed by atoms with van der Waals surface area (Å²) < 4.78 is 7.56. The predicted molar refractivity (Wildman–Crippen MR) is 270 cm³/mol. The summed E-state index contributed by atoms with van der Waals surface area (Å²) in [6.07, 6.45) is 0. The average Bonchev–Trinajstić information content (AvgIpc) is 4.01. The lowest BCUT2D eigenvalue weighted by Crippen LogP contribution is -1.96. The van der Waals surface area contributed by atoms with Crippen molar-refractivity contribution in [1.82, 2.24) is 9.13 Å². The zero-order chi connectivity index (χ0) is 41.4. The van der Waals surface area contributed by atoms with Gasteiger partial charge in [0.2, 0.25) is 0 Å². The number of hydrogen-bond donors (Lipinski definition) is 0. The lowest BCUT2D eigenvalue weighted by molar-refractivity contribution is 1.16. The SMILES string of the molecule is c1ccc(-c2cc(-c3ccccc3)cc(-c3ccc4c5cc6c7ccccc7n(-c7ccccc7)c6cc5n(-c5ccc(-c6cccc7c6sc6ccccc67)cc5)c4c3)c2)cc1. The molecule has 0 saturated heterocycles. The fourth-order valence-electron chi connectivity index (χ4n) is 9.95. The van der Waals surface area contributed by atoms with Crippen molar-refractivity contribution in [3.05, 3.63) is 231 Å². The maximum atomic E-state index is 2.49. The zero-order valence-electron chi connectivity index (χ0n) is 34.2. The van der Waals surface area contributed by atoms with Crippen LogP contribution in [0, 0.1) is 0 Å². The molecule has 0 aliphatic rings. The van der Waals surface area contributed by atoms with Gasteiger partial charge in [-0.25, -0.2) is 0 Å². The second-order valence-corrected chi connectivity index (χ2v) is 17.6. The van der Waals surface area contributed by atoms with E-state index in [0.29, 0.717) is 0 Å². The maximum Gasteiger partial charge on any atom is 0.0562 e. The number of rotatable bonds is 6. The summed E-state index contributed by atoms with van der Waals surface area (Å²) in [5.74, 6) is 0. The van der Waals surface area contributed by atoms with Crippen LogP contribution in [0.4, 0.5) is 0 Å². The largest absolute Gasteiger partial charge is 0.309 e. The Hall–Kier alpha value is -7.98. The predicted octanol–water partition coefficient (Wildman–Crippen LogP) is 16.9. The van der Waals surface area contributed by atoms with E-state index in [-0.39, 0.29) is 0 Å². The lowest BCUT2D eigenvalue weighted by atomic mass is 9.93. The molecule has 63 heavy (non-hydrogen) atoms. The van der Waals surface area contributed by atoms with Crippen LogP contribution < -0.4 is 0 Å².